The van der Waals surface area contributed by atoms with Crippen molar-refractivity contribution in [3.05, 3.63) is 34.4 Å². The van der Waals surface area contributed by atoms with Gasteiger partial charge in [-0.15, -0.1) is 24.0 Å². The van der Waals surface area contributed by atoms with Crippen LogP contribution < -0.4 is 15.4 Å². The van der Waals surface area contributed by atoms with Gasteiger partial charge in [-0.3, -0.25) is 15.1 Å². The van der Waals surface area contributed by atoms with E-state index in [1.54, 1.807) is 11.8 Å². The van der Waals surface area contributed by atoms with E-state index in [1.165, 1.54) is 18.2 Å². The quantitative estimate of drug-likeness (QED) is 0.103. The van der Waals surface area contributed by atoms with Crippen molar-refractivity contribution in [2.45, 2.75) is 30.4 Å². The van der Waals surface area contributed by atoms with Gasteiger partial charge in [0.05, 0.1) is 16.4 Å². The monoisotopic (exact) mass is 545 g/mol. The van der Waals surface area contributed by atoms with Crippen LogP contribution in [0.4, 0.5) is 5.69 Å². The molecule has 0 bridgehead atoms. The van der Waals surface area contributed by atoms with Crippen molar-refractivity contribution in [1.82, 2.24) is 15.4 Å². The van der Waals surface area contributed by atoms with Gasteiger partial charge in [0.1, 0.15) is 0 Å². The summed E-state index contributed by atoms with van der Waals surface area (Å²) in [6.07, 6.45) is 2.03. The van der Waals surface area contributed by atoms with E-state index in [2.05, 4.69) is 34.2 Å². The Labute approximate surface area is 187 Å². The van der Waals surface area contributed by atoms with Crippen molar-refractivity contribution >= 4 is 57.4 Å². The van der Waals surface area contributed by atoms with E-state index >= 15 is 0 Å². The van der Waals surface area contributed by atoms with Crippen molar-refractivity contribution in [3.8, 4) is 0 Å². The average molecular weight is 545 g/mol. The molecule has 0 unspecified atom stereocenters. The number of nitro groups is 1. The number of hydrogen-bond donors (Lipinski definition) is 3. The maximum atomic E-state index is 12.3. The van der Waals surface area contributed by atoms with E-state index in [-0.39, 0.29) is 45.9 Å². The summed E-state index contributed by atoms with van der Waals surface area (Å²) in [6.45, 7) is 7.87. The molecule has 1 rings (SSSR count). The van der Waals surface area contributed by atoms with Crippen molar-refractivity contribution in [2.24, 2.45) is 4.99 Å². The molecule has 28 heavy (non-hydrogen) atoms. The third-order valence-electron chi connectivity index (χ3n) is 3.56. The molecule has 0 aliphatic carbocycles. The summed E-state index contributed by atoms with van der Waals surface area (Å²) in [5.41, 5.74) is -0.269. The molecule has 0 saturated carbocycles. The van der Waals surface area contributed by atoms with Crippen molar-refractivity contribution in [1.29, 1.82) is 0 Å². The lowest BCUT2D eigenvalue weighted by Crippen LogP contribution is -2.42. The molecule has 9 nitrogen and oxygen atoms in total. The van der Waals surface area contributed by atoms with Crippen molar-refractivity contribution in [2.75, 3.05) is 32.4 Å². The molecule has 0 amide bonds. The molecule has 0 spiro atoms. The zero-order valence-corrected chi connectivity index (χ0v) is 20.4. The molecular formula is C16H28IN5O4S2. The van der Waals surface area contributed by atoms with E-state index in [9.17, 15) is 18.5 Å². The molecule has 0 fully saturated rings. The summed E-state index contributed by atoms with van der Waals surface area (Å²) in [5.74, 6) is 0.606. The van der Waals surface area contributed by atoms with Crippen LogP contribution in [0.1, 0.15) is 20.8 Å². The fraction of sp³-hybridized carbons (Fsp3) is 0.562. The molecule has 0 heterocycles. The smallest absolute Gasteiger partial charge is 0.270 e. The number of hydrogen-bond acceptors (Lipinski definition) is 6. The van der Waals surface area contributed by atoms with Crippen LogP contribution in [0, 0.1) is 10.1 Å². The summed E-state index contributed by atoms with van der Waals surface area (Å²) >= 11 is 1.72. The number of nitrogens with one attached hydrogen (secondary N) is 3. The van der Waals surface area contributed by atoms with Crippen LogP contribution >= 0.6 is 35.7 Å². The number of halogens is 1. The van der Waals surface area contributed by atoms with Gasteiger partial charge in [-0.05, 0) is 33.1 Å². The Hall–Kier alpha value is -1.12. The van der Waals surface area contributed by atoms with Gasteiger partial charge in [0.2, 0.25) is 10.0 Å². The van der Waals surface area contributed by atoms with E-state index in [0.717, 1.165) is 6.07 Å². The van der Waals surface area contributed by atoms with Crippen LogP contribution in [0.25, 0.3) is 0 Å². The Morgan fingerprint density at radius 1 is 1.29 bits per heavy atom. The third-order valence-corrected chi connectivity index (χ3v) is 6.26. The number of benzene rings is 1. The summed E-state index contributed by atoms with van der Waals surface area (Å²) in [6, 6.07) is 4.94. The number of non-ortho nitro benzene ring substituents is 1. The van der Waals surface area contributed by atoms with Gasteiger partial charge in [0, 0.05) is 36.5 Å². The Bertz CT molecular complexity index is 772. The Morgan fingerprint density at radius 2 is 1.96 bits per heavy atom. The number of nitro benzene ring substituents is 1. The van der Waals surface area contributed by atoms with Crippen LogP contribution in [-0.4, -0.2) is 56.5 Å². The lowest BCUT2D eigenvalue weighted by Gasteiger charge is -2.20. The molecule has 0 atom stereocenters. The molecule has 0 aliphatic rings. The largest absolute Gasteiger partial charge is 0.357 e. The minimum Gasteiger partial charge on any atom is -0.357 e. The summed E-state index contributed by atoms with van der Waals surface area (Å²) in [7, 11) is -3.82. The van der Waals surface area contributed by atoms with Crippen molar-refractivity contribution in [3.63, 3.8) is 0 Å². The number of aliphatic imine (C=N–C) groups is 1. The highest BCUT2D eigenvalue weighted by molar-refractivity contribution is 14.0. The summed E-state index contributed by atoms with van der Waals surface area (Å²) < 4.78 is 27.0. The van der Waals surface area contributed by atoms with Crippen LogP contribution in [0.5, 0.6) is 0 Å². The first-order valence-electron chi connectivity index (χ1n) is 8.43. The fourth-order valence-electron chi connectivity index (χ4n) is 1.89. The van der Waals surface area contributed by atoms with E-state index in [4.69, 9.17) is 0 Å². The van der Waals surface area contributed by atoms with Gasteiger partial charge in [0.25, 0.3) is 5.69 Å². The first-order valence-corrected chi connectivity index (χ1v) is 11.1. The van der Waals surface area contributed by atoms with Crippen LogP contribution in [-0.2, 0) is 10.0 Å². The second-order valence-corrected chi connectivity index (χ2v) is 9.52. The summed E-state index contributed by atoms with van der Waals surface area (Å²) in [5, 5.41) is 17.0. The predicted molar refractivity (Wildman–Crippen MR) is 125 cm³/mol. The molecule has 0 saturated heterocycles. The van der Waals surface area contributed by atoms with Crippen LogP contribution in [0.15, 0.2) is 34.2 Å². The minimum atomic E-state index is -3.82. The topological polar surface area (TPSA) is 126 Å². The number of nitrogens with zero attached hydrogens (tertiary/aromatic N) is 2. The zero-order valence-electron chi connectivity index (χ0n) is 16.4. The molecule has 1 aromatic carbocycles. The number of rotatable bonds is 10. The molecule has 3 N–H and O–H groups in total. The van der Waals surface area contributed by atoms with Gasteiger partial charge in [-0.2, -0.15) is 11.8 Å². The highest BCUT2D eigenvalue weighted by Crippen LogP contribution is 2.21. The van der Waals surface area contributed by atoms with Crippen molar-refractivity contribution < 1.29 is 13.3 Å². The maximum absolute atomic E-state index is 12.3. The molecular weight excluding hydrogens is 517 g/mol. The van der Waals surface area contributed by atoms with Crippen LogP contribution in [0.2, 0.25) is 0 Å². The molecule has 12 heteroatoms. The van der Waals surface area contributed by atoms with Gasteiger partial charge in [0.15, 0.2) is 5.96 Å². The first-order chi connectivity index (χ1) is 12.6. The first kappa shape index (κ1) is 26.9. The predicted octanol–water partition coefficient (Wildman–Crippen LogP) is 2.19. The second-order valence-electron chi connectivity index (χ2n) is 6.24. The molecule has 0 aromatic heterocycles. The number of guanidine groups is 1. The molecule has 0 aliphatic heterocycles. The minimum absolute atomic E-state index is 0. The van der Waals surface area contributed by atoms with E-state index in [1.807, 2.05) is 13.2 Å². The highest BCUT2D eigenvalue weighted by atomic mass is 127. The molecule has 0 radical (unpaired) electrons. The van der Waals surface area contributed by atoms with E-state index < -0.39 is 14.9 Å². The zero-order chi connectivity index (χ0) is 20.5. The second kappa shape index (κ2) is 12.4. The Kier molecular flexibility index (Phi) is 11.9. The molecule has 1 aromatic rings. The van der Waals surface area contributed by atoms with Gasteiger partial charge in [-0.25, -0.2) is 13.1 Å². The SMILES string of the molecule is CCNC(=NCC(C)(C)SC)NCCNS(=O)(=O)c1cccc([N+](=O)[O-])c1.I. The van der Waals surface area contributed by atoms with Gasteiger partial charge < -0.3 is 10.6 Å². The van der Waals surface area contributed by atoms with Crippen LogP contribution in [0.3, 0.4) is 0 Å². The number of sulfonamides is 1. The normalized spacial score (nSPS) is 12.2. The summed E-state index contributed by atoms with van der Waals surface area (Å²) in [4.78, 5) is 14.5. The number of thioether (sulfide) groups is 1. The third kappa shape index (κ3) is 9.39. The lowest BCUT2D eigenvalue weighted by atomic mass is 10.2. The Balaban J connectivity index is 0.00000729. The Morgan fingerprint density at radius 3 is 2.54 bits per heavy atom. The average Bonchev–Trinajstić information content (AvgIpc) is 2.63. The highest BCUT2D eigenvalue weighted by Gasteiger charge is 2.17. The fourth-order valence-corrected chi connectivity index (χ4v) is 3.15. The van der Waals surface area contributed by atoms with Gasteiger partial charge >= 0.3 is 0 Å². The maximum Gasteiger partial charge on any atom is 0.270 e. The molecule has 160 valence electrons. The van der Waals surface area contributed by atoms with E-state index in [0.29, 0.717) is 25.6 Å². The van der Waals surface area contributed by atoms with Gasteiger partial charge in [-0.1, -0.05) is 6.07 Å². The standard InChI is InChI=1S/C16H27N5O4S2.HI/c1-5-17-15(19-12-16(2,3)26-4)18-9-10-20-27(24,25)14-8-6-7-13(11-14)21(22)23;/h6-8,11,20H,5,9-10,12H2,1-4H3,(H2,17,18,19);1H. The lowest BCUT2D eigenvalue weighted by molar-refractivity contribution is -0.385.